The van der Waals surface area contributed by atoms with Crippen LogP contribution in [0.25, 0.3) is 6.08 Å². The Balaban J connectivity index is 0.000000480. The number of alkyl halides is 3. The van der Waals surface area contributed by atoms with Gasteiger partial charge in [-0.3, -0.25) is 14.8 Å². The first-order valence-corrected chi connectivity index (χ1v) is 7.53. The number of para-hydroxylation sites is 1. The SMILES string of the molecule is O=C(/C=C/c1ccccc1NC(=O)c1ccccc1)NO.O=C(O)C(F)(F)F. The van der Waals surface area contributed by atoms with Crippen molar-refractivity contribution in [1.29, 1.82) is 0 Å². The molecule has 0 atom stereocenters. The van der Waals surface area contributed by atoms with Crippen molar-refractivity contribution >= 4 is 29.5 Å². The number of carbonyl (C=O) groups is 3. The number of hydrogen-bond acceptors (Lipinski definition) is 4. The Morgan fingerprint density at radius 3 is 2.00 bits per heavy atom. The number of benzene rings is 2. The van der Waals surface area contributed by atoms with Gasteiger partial charge >= 0.3 is 12.1 Å². The minimum absolute atomic E-state index is 0.233. The monoisotopic (exact) mass is 396 g/mol. The molecule has 0 heterocycles. The highest BCUT2D eigenvalue weighted by atomic mass is 19.4. The zero-order valence-corrected chi connectivity index (χ0v) is 14.1. The molecule has 0 saturated carbocycles. The van der Waals surface area contributed by atoms with Crippen molar-refractivity contribution in [2.75, 3.05) is 5.32 Å². The molecule has 0 saturated heterocycles. The van der Waals surface area contributed by atoms with Crippen molar-refractivity contribution < 1.29 is 37.9 Å². The fourth-order valence-corrected chi connectivity index (χ4v) is 1.74. The second-order valence-corrected chi connectivity index (χ2v) is 5.02. The average molecular weight is 396 g/mol. The lowest BCUT2D eigenvalue weighted by molar-refractivity contribution is -0.192. The van der Waals surface area contributed by atoms with E-state index in [-0.39, 0.29) is 5.91 Å². The summed E-state index contributed by atoms with van der Waals surface area (Å²) in [5, 5.41) is 18.4. The third-order valence-electron chi connectivity index (χ3n) is 3.01. The molecule has 0 aliphatic heterocycles. The van der Waals surface area contributed by atoms with Gasteiger partial charge < -0.3 is 10.4 Å². The first-order chi connectivity index (χ1) is 13.1. The highest BCUT2D eigenvalue weighted by Crippen LogP contribution is 2.17. The highest BCUT2D eigenvalue weighted by molar-refractivity contribution is 6.05. The van der Waals surface area contributed by atoms with Gasteiger partial charge in [-0.2, -0.15) is 13.2 Å². The number of halogens is 3. The number of nitrogens with one attached hydrogen (secondary N) is 2. The fourth-order valence-electron chi connectivity index (χ4n) is 1.74. The lowest BCUT2D eigenvalue weighted by Gasteiger charge is -2.08. The zero-order valence-electron chi connectivity index (χ0n) is 14.1. The molecule has 2 rings (SSSR count). The van der Waals surface area contributed by atoms with Crippen molar-refractivity contribution in [3.05, 3.63) is 71.8 Å². The van der Waals surface area contributed by atoms with Crippen LogP contribution in [-0.4, -0.2) is 34.3 Å². The van der Waals surface area contributed by atoms with E-state index in [4.69, 9.17) is 15.1 Å². The minimum atomic E-state index is -5.08. The predicted octanol–water partition coefficient (Wildman–Crippen LogP) is 3.09. The van der Waals surface area contributed by atoms with Gasteiger partial charge in [0.1, 0.15) is 0 Å². The van der Waals surface area contributed by atoms with Gasteiger partial charge in [-0.05, 0) is 29.8 Å². The lowest BCUT2D eigenvalue weighted by Crippen LogP contribution is -2.21. The van der Waals surface area contributed by atoms with Gasteiger partial charge in [0.05, 0.1) is 0 Å². The van der Waals surface area contributed by atoms with Crippen LogP contribution in [0, 0.1) is 0 Å². The van der Waals surface area contributed by atoms with Crippen molar-refractivity contribution in [3.8, 4) is 0 Å². The van der Waals surface area contributed by atoms with Crippen molar-refractivity contribution in [3.63, 3.8) is 0 Å². The van der Waals surface area contributed by atoms with Crippen LogP contribution < -0.4 is 10.8 Å². The summed E-state index contributed by atoms with van der Waals surface area (Å²) < 4.78 is 31.7. The summed E-state index contributed by atoms with van der Waals surface area (Å²) in [4.78, 5) is 32.0. The van der Waals surface area contributed by atoms with Crippen molar-refractivity contribution in [2.24, 2.45) is 0 Å². The largest absolute Gasteiger partial charge is 0.490 e. The standard InChI is InChI=1S/C16H14N2O3.C2HF3O2/c19-15(18-21)11-10-12-6-4-5-9-14(12)17-16(20)13-7-2-1-3-8-13;3-2(4,5)1(6)7/h1-11,21H,(H,17,20)(H,18,19);(H,6,7)/b11-10+;. The van der Waals surface area contributed by atoms with Gasteiger partial charge in [0, 0.05) is 17.3 Å². The second kappa shape index (κ2) is 10.5. The van der Waals surface area contributed by atoms with Crippen molar-refractivity contribution in [1.82, 2.24) is 5.48 Å². The van der Waals surface area contributed by atoms with Crippen LogP contribution in [0.4, 0.5) is 18.9 Å². The number of carboxylic acid groups (broad SMARTS) is 1. The van der Waals surface area contributed by atoms with E-state index in [2.05, 4.69) is 5.32 Å². The Hall–Kier alpha value is -3.66. The van der Waals surface area contributed by atoms with Crippen LogP contribution in [0.3, 0.4) is 0 Å². The number of aliphatic carboxylic acids is 1. The summed E-state index contributed by atoms with van der Waals surface area (Å²) in [7, 11) is 0. The van der Waals surface area contributed by atoms with Crippen LogP contribution in [0.15, 0.2) is 60.7 Å². The van der Waals surface area contributed by atoms with Crippen LogP contribution >= 0.6 is 0 Å². The topological polar surface area (TPSA) is 116 Å². The molecule has 148 valence electrons. The number of carboxylic acids is 1. The average Bonchev–Trinajstić information content (AvgIpc) is 2.67. The van der Waals surface area contributed by atoms with Crippen molar-refractivity contribution in [2.45, 2.75) is 6.18 Å². The number of hydrogen-bond donors (Lipinski definition) is 4. The number of amides is 2. The molecule has 4 N–H and O–H groups in total. The van der Waals surface area contributed by atoms with Crippen LogP contribution in [0.1, 0.15) is 15.9 Å². The van der Waals surface area contributed by atoms with Gasteiger partial charge in [-0.1, -0.05) is 36.4 Å². The molecule has 28 heavy (non-hydrogen) atoms. The molecule has 0 bridgehead atoms. The Morgan fingerprint density at radius 1 is 0.929 bits per heavy atom. The Morgan fingerprint density at radius 2 is 1.46 bits per heavy atom. The number of anilines is 1. The summed E-state index contributed by atoms with van der Waals surface area (Å²) >= 11 is 0. The molecule has 0 radical (unpaired) electrons. The maximum atomic E-state index is 12.1. The van der Waals surface area contributed by atoms with E-state index in [9.17, 15) is 22.8 Å². The van der Waals surface area contributed by atoms with Gasteiger partial charge in [-0.25, -0.2) is 10.3 Å². The Labute approximate surface area is 157 Å². The second-order valence-electron chi connectivity index (χ2n) is 5.02. The van der Waals surface area contributed by atoms with E-state index in [1.54, 1.807) is 48.5 Å². The molecule has 0 fully saturated rings. The van der Waals surface area contributed by atoms with Crippen LogP contribution in [0.2, 0.25) is 0 Å². The van der Waals surface area contributed by atoms with E-state index < -0.39 is 18.1 Å². The summed E-state index contributed by atoms with van der Waals surface area (Å²) in [6, 6.07) is 15.9. The highest BCUT2D eigenvalue weighted by Gasteiger charge is 2.38. The number of rotatable bonds is 4. The maximum Gasteiger partial charge on any atom is 0.490 e. The van der Waals surface area contributed by atoms with E-state index in [1.807, 2.05) is 6.07 Å². The Kier molecular flexibility index (Phi) is 8.38. The third kappa shape index (κ3) is 7.70. The zero-order chi connectivity index (χ0) is 21.2. The fraction of sp³-hybridized carbons (Fsp3) is 0.0556. The molecule has 10 heteroatoms. The maximum absolute atomic E-state index is 12.1. The first kappa shape index (κ1) is 22.4. The van der Waals surface area contributed by atoms with Gasteiger partial charge in [0.2, 0.25) is 0 Å². The predicted molar refractivity (Wildman–Crippen MR) is 93.5 cm³/mol. The quantitative estimate of drug-likeness (QED) is 0.360. The van der Waals surface area contributed by atoms with Gasteiger partial charge in [-0.15, -0.1) is 0 Å². The summed E-state index contributed by atoms with van der Waals surface area (Å²) in [6.45, 7) is 0. The van der Waals surface area contributed by atoms with Crippen LogP contribution in [-0.2, 0) is 9.59 Å². The van der Waals surface area contributed by atoms with Crippen LogP contribution in [0.5, 0.6) is 0 Å². The number of carbonyl (C=O) groups excluding carboxylic acids is 2. The van der Waals surface area contributed by atoms with E-state index in [0.717, 1.165) is 0 Å². The molecule has 0 aromatic heterocycles. The molecule has 2 aromatic rings. The van der Waals surface area contributed by atoms with Gasteiger partial charge in [0.15, 0.2) is 0 Å². The van der Waals surface area contributed by atoms with E-state index in [1.165, 1.54) is 17.6 Å². The first-order valence-electron chi connectivity index (χ1n) is 7.53. The smallest absolute Gasteiger partial charge is 0.475 e. The molecule has 0 spiro atoms. The summed E-state index contributed by atoms with van der Waals surface area (Å²) in [5.74, 6) is -3.63. The summed E-state index contributed by atoms with van der Waals surface area (Å²) in [5.41, 5.74) is 3.29. The molecule has 2 aromatic carbocycles. The molecule has 0 aliphatic carbocycles. The molecule has 0 unspecified atom stereocenters. The molecule has 2 amide bonds. The third-order valence-corrected chi connectivity index (χ3v) is 3.01. The normalized spacial score (nSPS) is 10.6. The number of hydroxylamine groups is 1. The lowest BCUT2D eigenvalue weighted by atomic mass is 10.1. The van der Waals surface area contributed by atoms with E-state index >= 15 is 0 Å². The van der Waals surface area contributed by atoms with E-state index in [0.29, 0.717) is 16.8 Å². The molecular weight excluding hydrogens is 381 g/mol. The molecule has 0 aliphatic rings. The Bertz CT molecular complexity index is 852. The van der Waals surface area contributed by atoms with Gasteiger partial charge in [0.25, 0.3) is 11.8 Å². The molecular formula is C18H15F3N2O5. The summed E-state index contributed by atoms with van der Waals surface area (Å²) in [6.07, 6.45) is -2.40. The molecule has 7 nitrogen and oxygen atoms in total. The minimum Gasteiger partial charge on any atom is -0.475 e.